The van der Waals surface area contributed by atoms with Crippen molar-refractivity contribution >= 4 is 151 Å². The molecule has 0 rings (SSSR count). The molecule has 0 aliphatic heterocycles. The zero-order chi connectivity index (χ0) is 4.50. The normalized spacial score (nSPS) is 6.56. The maximum absolute atomic E-state index is 8.88. The summed E-state index contributed by atoms with van der Waals surface area (Å²) in [4.78, 5) is 21.6. The van der Waals surface area contributed by atoms with Crippen molar-refractivity contribution in [2.75, 3.05) is 0 Å². The van der Waals surface area contributed by atoms with E-state index in [0.29, 0.717) is 0 Å². The van der Waals surface area contributed by atoms with Crippen LogP contribution in [0.25, 0.3) is 0 Å². The number of rotatable bonds is 0. The molecule has 0 saturated carbocycles. The fourth-order valence-corrected chi connectivity index (χ4v) is 0. The van der Waals surface area contributed by atoms with Gasteiger partial charge in [0.2, 0.25) is 0 Å². The van der Waals surface area contributed by atoms with E-state index in [1.807, 2.05) is 0 Å². The second kappa shape index (κ2) is 15.4. The molecule has 0 bridgehead atoms. The van der Waals surface area contributed by atoms with E-state index in [1.54, 1.807) is 0 Å². The van der Waals surface area contributed by atoms with Crippen molar-refractivity contribution in [3.8, 4) is 0 Å². The minimum absolute atomic E-state index is 0. The molecule has 0 spiro atoms. The molecule has 9 heteroatoms. The summed E-state index contributed by atoms with van der Waals surface area (Å²) in [7, 11) is -4.64. The molecule has 0 aromatic heterocycles. The van der Waals surface area contributed by atoms with Crippen molar-refractivity contribution < 1.29 is 19.2 Å². The summed E-state index contributed by atoms with van der Waals surface area (Å²) in [5.74, 6) is 0. The van der Waals surface area contributed by atoms with Crippen LogP contribution in [0.3, 0.4) is 0 Å². The van der Waals surface area contributed by atoms with Crippen LogP contribution >= 0.6 is 7.82 Å². The van der Waals surface area contributed by atoms with Crippen molar-refractivity contribution in [1.82, 2.24) is 0 Å². The molecule has 4 nitrogen and oxygen atoms in total. The first-order chi connectivity index (χ1) is 2.00. The Labute approximate surface area is 165 Å². The average Bonchev–Trinajstić information content (AvgIpc) is 0.722. The van der Waals surface area contributed by atoms with Gasteiger partial charge in [0.25, 0.3) is 0 Å². The van der Waals surface area contributed by atoms with Crippen LogP contribution in [-0.4, -0.2) is 157 Å². The van der Waals surface area contributed by atoms with Crippen molar-refractivity contribution in [2.45, 2.75) is 0 Å². The fourth-order valence-electron chi connectivity index (χ4n) is 0. The average molecular weight is 248 g/mol. The van der Waals surface area contributed by atoms with Crippen molar-refractivity contribution in [1.29, 1.82) is 0 Å². The van der Waals surface area contributed by atoms with Gasteiger partial charge in [-0.1, -0.05) is 0 Å². The fraction of sp³-hybridized carbons (Fsp3) is 0. The zero-order valence-electron chi connectivity index (χ0n) is 2.20. The van der Waals surface area contributed by atoms with Gasteiger partial charge in [-0.05, 0) is 0 Å². The van der Waals surface area contributed by atoms with Gasteiger partial charge in [-0.3, -0.25) is 0 Å². The second-order valence-electron chi connectivity index (χ2n) is 0.513. The molecule has 0 aliphatic carbocycles. The molecule has 0 radical (unpaired) electrons. The predicted molar refractivity (Wildman–Crippen MR) is 47.0 cm³/mol. The zero-order valence-corrected chi connectivity index (χ0v) is 3.09. The molecular formula is H10Ca3NaO4P. The first-order valence-corrected chi connectivity index (χ1v) is 2.35. The summed E-state index contributed by atoms with van der Waals surface area (Å²) >= 11 is 0. The molecule has 9 heavy (non-hydrogen) atoms. The third-order valence-corrected chi connectivity index (χ3v) is 0. The van der Waals surface area contributed by atoms with Gasteiger partial charge >= 0.3 is 151 Å². The minimum atomic E-state index is -4.64. The van der Waals surface area contributed by atoms with Gasteiger partial charge < -0.3 is 14.7 Å². The van der Waals surface area contributed by atoms with E-state index in [4.69, 9.17) is 19.2 Å². The summed E-state index contributed by atoms with van der Waals surface area (Å²) < 4.78 is 8.88. The standard InChI is InChI=1S/3Ca.Na.H3O4P.7H/c;;;;1-5(2,3)4;;;;;;;/h;;;;(H3,1,2,3,4);;;;;;;. The predicted octanol–water partition coefficient (Wildman–Crippen LogP) is -4.33. The van der Waals surface area contributed by atoms with Gasteiger partial charge in [0.15, 0.2) is 0 Å². The molecule has 0 atom stereocenters. The quantitative estimate of drug-likeness (QED) is 0.299. The van der Waals surface area contributed by atoms with E-state index in [2.05, 4.69) is 0 Å². The Bertz CT molecular complexity index is 61.9. The maximum atomic E-state index is 8.88. The van der Waals surface area contributed by atoms with Gasteiger partial charge in [0.05, 0.1) is 0 Å². The second-order valence-corrected chi connectivity index (χ2v) is 1.54. The Morgan fingerprint density at radius 3 is 0.889 bits per heavy atom. The monoisotopic (exact) mass is 248 g/mol. The molecule has 0 heterocycles. The summed E-state index contributed by atoms with van der Waals surface area (Å²) in [5.41, 5.74) is 0. The molecule has 0 fully saturated rings. The van der Waals surface area contributed by atoms with Crippen LogP contribution in [-0.2, 0) is 4.57 Å². The van der Waals surface area contributed by atoms with Crippen LogP contribution in [0.4, 0.5) is 0 Å². The van der Waals surface area contributed by atoms with Gasteiger partial charge in [0.1, 0.15) is 0 Å². The molecule has 0 amide bonds. The third-order valence-electron chi connectivity index (χ3n) is 0. The molecule has 0 unspecified atom stereocenters. The van der Waals surface area contributed by atoms with Crippen LogP contribution < -0.4 is 0 Å². The Kier molecular flexibility index (Phi) is 49.9. The number of hydrogen-bond donors (Lipinski definition) is 3. The van der Waals surface area contributed by atoms with Crippen molar-refractivity contribution in [3.05, 3.63) is 0 Å². The molecule has 0 aromatic rings. The van der Waals surface area contributed by atoms with E-state index in [9.17, 15) is 0 Å². The third kappa shape index (κ3) is 63.9. The van der Waals surface area contributed by atoms with Crippen LogP contribution in [0.2, 0.25) is 0 Å². The van der Waals surface area contributed by atoms with Crippen LogP contribution in [0.5, 0.6) is 0 Å². The first-order valence-electron chi connectivity index (χ1n) is 0.783. The molecular weight excluding hydrogens is 238 g/mol. The van der Waals surface area contributed by atoms with E-state index in [0.717, 1.165) is 0 Å². The van der Waals surface area contributed by atoms with E-state index < -0.39 is 7.82 Å². The Morgan fingerprint density at radius 1 is 0.889 bits per heavy atom. The first kappa shape index (κ1) is 29.2. The SMILES string of the molecule is O=P(O)(O)O.[CaH2].[CaH2].[CaH2].[NaH]. The van der Waals surface area contributed by atoms with Crippen molar-refractivity contribution in [3.63, 3.8) is 0 Å². The Balaban J connectivity index is -0.0000000133. The Morgan fingerprint density at radius 2 is 0.889 bits per heavy atom. The van der Waals surface area contributed by atoms with E-state index in [-0.39, 0.29) is 143 Å². The van der Waals surface area contributed by atoms with Crippen LogP contribution in [0.1, 0.15) is 0 Å². The van der Waals surface area contributed by atoms with E-state index in [1.165, 1.54) is 0 Å². The number of phosphoric acid groups is 1. The summed E-state index contributed by atoms with van der Waals surface area (Å²) in [5, 5.41) is 0. The Hall–Kier alpha value is 4.89. The molecule has 0 saturated heterocycles. The summed E-state index contributed by atoms with van der Waals surface area (Å²) in [6.07, 6.45) is 0. The van der Waals surface area contributed by atoms with E-state index >= 15 is 0 Å². The van der Waals surface area contributed by atoms with Crippen LogP contribution in [0.15, 0.2) is 0 Å². The summed E-state index contributed by atoms with van der Waals surface area (Å²) in [6, 6.07) is 0. The molecule has 46 valence electrons. The molecule has 0 aliphatic rings. The van der Waals surface area contributed by atoms with Gasteiger partial charge in [-0.15, -0.1) is 0 Å². The van der Waals surface area contributed by atoms with Gasteiger partial charge in [0, 0.05) is 0 Å². The van der Waals surface area contributed by atoms with Gasteiger partial charge in [-0.2, -0.15) is 0 Å². The summed E-state index contributed by atoms with van der Waals surface area (Å²) in [6.45, 7) is 0. The molecule has 3 N–H and O–H groups in total. The van der Waals surface area contributed by atoms with Gasteiger partial charge in [-0.25, -0.2) is 4.57 Å². The number of hydrogen-bond acceptors (Lipinski definition) is 1. The van der Waals surface area contributed by atoms with Crippen LogP contribution in [0, 0.1) is 0 Å². The van der Waals surface area contributed by atoms with Crippen molar-refractivity contribution in [2.24, 2.45) is 0 Å². The topological polar surface area (TPSA) is 77.8 Å². The molecule has 0 aromatic carbocycles.